The topological polar surface area (TPSA) is 135 Å². The van der Waals surface area contributed by atoms with E-state index in [1.54, 1.807) is 13.8 Å². The second-order valence-electron chi connectivity index (χ2n) is 6.00. The molecule has 9 nitrogen and oxygen atoms in total. The molecule has 1 amide bonds. The number of rotatable bonds is 8. The number of aromatic carboxylic acids is 1. The van der Waals surface area contributed by atoms with E-state index in [1.807, 2.05) is 0 Å². The summed E-state index contributed by atoms with van der Waals surface area (Å²) in [6, 6.07) is 6.97. The van der Waals surface area contributed by atoms with Crippen molar-refractivity contribution in [3.05, 3.63) is 47.4 Å². The minimum absolute atomic E-state index is 0.0149. The fraction of sp³-hybridized carbons (Fsp3) is 0.294. The number of anilines is 1. The van der Waals surface area contributed by atoms with Gasteiger partial charge in [0.15, 0.2) is 5.76 Å². The maximum Gasteiger partial charge on any atom is 0.335 e. The van der Waals surface area contributed by atoms with Crippen LogP contribution in [0.25, 0.3) is 0 Å². The molecular weight excluding hydrogens is 376 g/mol. The van der Waals surface area contributed by atoms with Crippen LogP contribution in [0, 0.1) is 0 Å². The number of carbonyl (C=O) groups is 2. The minimum atomic E-state index is -3.39. The smallest absolute Gasteiger partial charge is 0.335 e. The van der Waals surface area contributed by atoms with Gasteiger partial charge < -0.3 is 19.6 Å². The summed E-state index contributed by atoms with van der Waals surface area (Å²) < 4.78 is 35.4. The van der Waals surface area contributed by atoms with Gasteiger partial charge in [0.1, 0.15) is 11.5 Å². The van der Waals surface area contributed by atoms with Crippen LogP contribution in [-0.4, -0.2) is 37.8 Å². The maximum atomic E-state index is 12.4. The number of hydrogen-bond donors (Lipinski definition) is 3. The maximum absolute atomic E-state index is 12.4. The quantitative estimate of drug-likeness (QED) is 0.621. The molecule has 0 saturated carbocycles. The Morgan fingerprint density at radius 1 is 1.22 bits per heavy atom. The van der Waals surface area contributed by atoms with E-state index in [2.05, 4.69) is 10.0 Å². The van der Waals surface area contributed by atoms with Crippen molar-refractivity contribution in [3.63, 3.8) is 0 Å². The van der Waals surface area contributed by atoms with Gasteiger partial charge in [-0.1, -0.05) is 0 Å². The third-order valence-electron chi connectivity index (χ3n) is 3.23. The Balaban J connectivity index is 2.20. The van der Waals surface area contributed by atoms with Gasteiger partial charge in [-0.05, 0) is 44.2 Å². The first-order valence-electron chi connectivity index (χ1n) is 7.94. The van der Waals surface area contributed by atoms with Gasteiger partial charge >= 0.3 is 5.97 Å². The molecule has 2 rings (SSSR count). The molecule has 0 aliphatic rings. The van der Waals surface area contributed by atoms with E-state index in [0.717, 1.165) is 6.26 Å². The lowest BCUT2D eigenvalue weighted by Crippen LogP contribution is -2.20. The Hall–Kier alpha value is -2.85. The predicted molar refractivity (Wildman–Crippen MR) is 97.5 cm³/mol. The summed E-state index contributed by atoms with van der Waals surface area (Å²) in [4.78, 5) is 23.6. The lowest BCUT2D eigenvalue weighted by Gasteiger charge is -2.15. The second kappa shape index (κ2) is 8.23. The number of carboxylic acids is 1. The molecule has 0 atom stereocenters. The Morgan fingerprint density at radius 3 is 2.52 bits per heavy atom. The van der Waals surface area contributed by atoms with Crippen molar-refractivity contribution in [3.8, 4) is 5.75 Å². The normalized spacial score (nSPS) is 11.4. The predicted octanol–water partition coefficient (Wildman–Crippen LogP) is 2.07. The molecule has 0 saturated heterocycles. The largest absolute Gasteiger partial charge is 0.489 e. The molecule has 1 aromatic heterocycles. The molecule has 0 aliphatic heterocycles. The molecular formula is C17H20N2O7S. The van der Waals surface area contributed by atoms with E-state index >= 15 is 0 Å². The van der Waals surface area contributed by atoms with Crippen molar-refractivity contribution >= 4 is 27.6 Å². The zero-order chi connectivity index (χ0) is 20.2. The summed E-state index contributed by atoms with van der Waals surface area (Å²) in [7, 11) is -3.39. The van der Waals surface area contributed by atoms with Gasteiger partial charge in [0.2, 0.25) is 10.0 Å². The number of sulfonamides is 1. The summed E-state index contributed by atoms with van der Waals surface area (Å²) in [5.74, 6) is -1.26. The second-order valence-corrected chi connectivity index (χ2v) is 7.83. The van der Waals surface area contributed by atoms with Crippen molar-refractivity contribution in [2.75, 3.05) is 11.6 Å². The highest BCUT2D eigenvalue weighted by Gasteiger charge is 2.17. The molecule has 2 aromatic rings. The molecule has 1 heterocycles. The molecule has 0 fully saturated rings. The van der Waals surface area contributed by atoms with E-state index in [0.29, 0.717) is 5.75 Å². The third kappa shape index (κ3) is 6.12. The van der Waals surface area contributed by atoms with Crippen molar-refractivity contribution in [1.82, 2.24) is 4.72 Å². The van der Waals surface area contributed by atoms with Crippen LogP contribution in [-0.2, 0) is 16.6 Å². The number of furan rings is 1. The van der Waals surface area contributed by atoms with Crippen LogP contribution < -0.4 is 14.8 Å². The number of ether oxygens (including phenoxy) is 1. The highest BCUT2D eigenvalue weighted by atomic mass is 32.2. The van der Waals surface area contributed by atoms with E-state index in [-0.39, 0.29) is 35.4 Å². The van der Waals surface area contributed by atoms with Crippen LogP contribution in [0.2, 0.25) is 0 Å². The zero-order valence-corrected chi connectivity index (χ0v) is 15.8. The van der Waals surface area contributed by atoms with Gasteiger partial charge in [-0.15, -0.1) is 0 Å². The first-order valence-corrected chi connectivity index (χ1v) is 9.83. The van der Waals surface area contributed by atoms with Crippen LogP contribution in [0.3, 0.4) is 0 Å². The average molecular weight is 396 g/mol. The summed E-state index contributed by atoms with van der Waals surface area (Å²) in [5, 5.41) is 11.7. The van der Waals surface area contributed by atoms with Crippen LogP contribution in [0.1, 0.15) is 40.5 Å². The molecule has 10 heteroatoms. The van der Waals surface area contributed by atoms with Crippen molar-refractivity contribution in [2.24, 2.45) is 0 Å². The van der Waals surface area contributed by atoms with Crippen LogP contribution in [0.15, 0.2) is 34.7 Å². The van der Waals surface area contributed by atoms with Gasteiger partial charge in [0.05, 0.1) is 30.2 Å². The lowest BCUT2D eigenvalue weighted by atomic mass is 10.2. The molecule has 0 unspecified atom stereocenters. The SMILES string of the molecule is CC(C)Oc1ccc(C(=O)O)cc1NC(=O)c1ccc(CNS(C)(=O)=O)o1. The Kier molecular flexibility index (Phi) is 6.24. The third-order valence-corrected chi connectivity index (χ3v) is 3.90. The number of hydrogen-bond acceptors (Lipinski definition) is 6. The van der Waals surface area contributed by atoms with E-state index in [4.69, 9.17) is 14.3 Å². The van der Waals surface area contributed by atoms with Crippen LogP contribution in [0.4, 0.5) is 5.69 Å². The molecule has 3 N–H and O–H groups in total. The summed E-state index contributed by atoms with van der Waals surface area (Å²) in [6.45, 7) is 3.50. The summed E-state index contributed by atoms with van der Waals surface area (Å²) in [5.41, 5.74) is 0.166. The first kappa shape index (κ1) is 20.5. The molecule has 1 aromatic carbocycles. The number of carboxylic acid groups (broad SMARTS) is 1. The van der Waals surface area contributed by atoms with E-state index in [9.17, 15) is 18.0 Å². The van der Waals surface area contributed by atoms with Gasteiger partial charge in [-0.2, -0.15) is 0 Å². The standard InChI is InChI=1S/C17H20N2O7S/c1-10(2)25-14-6-4-11(17(21)22)8-13(14)19-16(20)15-7-5-12(26-15)9-18-27(3,23)24/h4-8,10,18H,9H2,1-3H3,(H,19,20)(H,21,22). The average Bonchev–Trinajstić information content (AvgIpc) is 3.02. The van der Waals surface area contributed by atoms with Crippen molar-refractivity contribution in [2.45, 2.75) is 26.5 Å². The monoisotopic (exact) mass is 396 g/mol. The Bertz CT molecular complexity index is 948. The van der Waals surface area contributed by atoms with Gasteiger partial charge in [0, 0.05) is 0 Å². The number of amides is 1. The highest BCUT2D eigenvalue weighted by molar-refractivity contribution is 7.88. The summed E-state index contributed by atoms with van der Waals surface area (Å²) >= 11 is 0. The summed E-state index contributed by atoms with van der Waals surface area (Å²) in [6.07, 6.45) is 0.823. The van der Waals surface area contributed by atoms with E-state index < -0.39 is 21.9 Å². The Labute approximate surface area is 156 Å². The zero-order valence-electron chi connectivity index (χ0n) is 15.0. The minimum Gasteiger partial charge on any atom is -0.489 e. The molecule has 0 radical (unpaired) electrons. The molecule has 27 heavy (non-hydrogen) atoms. The number of carbonyl (C=O) groups excluding carboxylic acids is 1. The van der Waals surface area contributed by atoms with Gasteiger partial charge in [-0.25, -0.2) is 17.9 Å². The van der Waals surface area contributed by atoms with Gasteiger partial charge in [-0.3, -0.25) is 4.79 Å². The first-order chi connectivity index (χ1) is 12.5. The van der Waals surface area contributed by atoms with Crippen LogP contribution in [0.5, 0.6) is 5.75 Å². The number of nitrogens with one attached hydrogen (secondary N) is 2. The fourth-order valence-electron chi connectivity index (χ4n) is 2.10. The fourth-order valence-corrected chi connectivity index (χ4v) is 2.50. The van der Waals surface area contributed by atoms with Crippen molar-refractivity contribution < 1.29 is 32.3 Å². The molecule has 0 bridgehead atoms. The lowest BCUT2D eigenvalue weighted by molar-refractivity contribution is 0.0696. The highest BCUT2D eigenvalue weighted by Crippen LogP contribution is 2.27. The molecule has 0 spiro atoms. The van der Waals surface area contributed by atoms with Crippen molar-refractivity contribution in [1.29, 1.82) is 0 Å². The number of benzene rings is 1. The Morgan fingerprint density at radius 2 is 1.93 bits per heavy atom. The van der Waals surface area contributed by atoms with Crippen LogP contribution >= 0.6 is 0 Å². The molecule has 146 valence electrons. The van der Waals surface area contributed by atoms with Gasteiger partial charge in [0.25, 0.3) is 5.91 Å². The van der Waals surface area contributed by atoms with E-state index in [1.165, 1.54) is 30.3 Å². The molecule has 0 aliphatic carbocycles.